The topological polar surface area (TPSA) is 0 Å². The second-order valence-corrected chi connectivity index (χ2v) is 11.8. The molecule has 2 heteroatoms. The van der Waals surface area contributed by atoms with Crippen LogP contribution in [0.1, 0.15) is 26.7 Å². The Morgan fingerprint density at radius 3 is 1.71 bits per heavy atom. The van der Waals surface area contributed by atoms with Crippen molar-refractivity contribution in [3.05, 3.63) is 60.7 Å². The van der Waals surface area contributed by atoms with E-state index in [2.05, 4.69) is 74.5 Å². The van der Waals surface area contributed by atoms with Gasteiger partial charge in [0.05, 0.1) is 26.2 Å². The Bertz CT molecular complexity index is 573. The Hall–Kier alpha value is -1.38. The highest BCUT2D eigenvalue weighted by atomic mass is 28.3. The first kappa shape index (κ1) is 17.4. The average molecular weight is 339 g/mol. The van der Waals surface area contributed by atoms with Gasteiger partial charge in [0.1, 0.15) is 8.07 Å². The van der Waals surface area contributed by atoms with E-state index in [0.29, 0.717) is 0 Å². The number of nitrogens with zero attached hydrogens (tertiary/aromatic N) is 1. The van der Waals surface area contributed by atoms with E-state index in [1.807, 2.05) is 0 Å². The van der Waals surface area contributed by atoms with Crippen molar-refractivity contribution in [1.82, 2.24) is 0 Å². The lowest BCUT2D eigenvalue weighted by molar-refractivity contribution is -0.924. The van der Waals surface area contributed by atoms with Gasteiger partial charge in [-0.1, -0.05) is 84.4 Å². The van der Waals surface area contributed by atoms with E-state index in [0.717, 1.165) is 0 Å². The molecule has 2 aromatic carbocycles. The molecule has 0 bridgehead atoms. The smallest absolute Gasteiger partial charge is 0.129 e. The monoisotopic (exact) mass is 338 g/mol. The third-order valence-electron chi connectivity index (χ3n) is 6.34. The number of quaternary nitrogens is 1. The molecule has 3 rings (SSSR count). The lowest BCUT2D eigenvalue weighted by Crippen LogP contribution is -2.67. The summed E-state index contributed by atoms with van der Waals surface area (Å²) in [5, 5.41) is 3.28. The molecule has 128 valence electrons. The molecule has 0 spiro atoms. The fourth-order valence-electron chi connectivity index (χ4n) is 4.54. The van der Waals surface area contributed by atoms with Crippen molar-refractivity contribution >= 4 is 18.4 Å². The zero-order valence-electron chi connectivity index (χ0n) is 15.4. The van der Waals surface area contributed by atoms with Crippen LogP contribution in [0.15, 0.2) is 60.7 Å². The maximum Gasteiger partial charge on any atom is 0.129 e. The van der Waals surface area contributed by atoms with Crippen molar-refractivity contribution in [3.63, 3.8) is 0 Å². The molecule has 2 aromatic rings. The van der Waals surface area contributed by atoms with E-state index in [9.17, 15) is 0 Å². The molecule has 1 heterocycles. The molecule has 0 aromatic heterocycles. The van der Waals surface area contributed by atoms with E-state index < -0.39 is 8.07 Å². The maximum atomic E-state index is 2.40. The first-order valence-electron chi connectivity index (χ1n) is 9.71. The van der Waals surface area contributed by atoms with E-state index in [4.69, 9.17) is 0 Å². The fraction of sp³-hybridized carbons (Fsp3) is 0.455. The Labute approximate surface area is 148 Å². The van der Waals surface area contributed by atoms with Gasteiger partial charge in [-0.3, -0.25) is 0 Å². The summed E-state index contributed by atoms with van der Waals surface area (Å²) in [7, 11) is -1.59. The highest BCUT2D eigenvalue weighted by Gasteiger charge is 2.45. The van der Waals surface area contributed by atoms with Crippen LogP contribution in [0.2, 0.25) is 12.1 Å². The molecule has 0 atom stereocenters. The molecule has 1 saturated heterocycles. The van der Waals surface area contributed by atoms with Gasteiger partial charge in [0.15, 0.2) is 0 Å². The van der Waals surface area contributed by atoms with Crippen LogP contribution in [0.25, 0.3) is 0 Å². The van der Waals surface area contributed by atoms with Gasteiger partial charge in [0.25, 0.3) is 0 Å². The number of hydrogen-bond donors (Lipinski definition) is 0. The Morgan fingerprint density at radius 1 is 0.792 bits per heavy atom. The van der Waals surface area contributed by atoms with Gasteiger partial charge >= 0.3 is 0 Å². The number of rotatable bonds is 6. The molecular formula is C22H32NSi+. The van der Waals surface area contributed by atoms with Crippen LogP contribution >= 0.6 is 0 Å². The van der Waals surface area contributed by atoms with E-state index in [1.165, 1.54) is 55.6 Å². The zero-order valence-corrected chi connectivity index (χ0v) is 16.4. The second-order valence-electron chi connectivity index (χ2n) is 7.50. The molecule has 0 saturated carbocycles. The first-order valence-corrected chi connectivity index (χ1v) is 12.1. The number of hydrogen-bond acceptors (Lipinski definition) is 0. The highest BCUT2D eigenvalue weighted by Crippen LogP contribution is 2.28. The Morgan fingerprint density at radius 2 is 1.29 bits per heavy atom. The summed E-state index contributed by atoms with van der Waals surface area (Å²) in [6, 6.07) is 25.7. The van der Waals surface area contributed by atoms with Crippen molar-refractivity contribution in [1.29, 1.82) is 0 Å². The first-order chi connectivity index (χ1) is 11.7. The maximum absolute atomic E-state index is 2.40. The lowest BCUT2D eigenvalue weighted by atomic mass is 10.2. The standard InChI is InChI=1S/C22H32NSi/c1-3-5-16-23(4-2)17-19-24(20-18-23,21-12-8-6-9-13-21)22-14-10-7-11-15-22/h6-15H,3-5,16-20H2,1-2H3/q+1. The normalized spacial score (nSPS) is 19.1. The molecule has 1 aliphatic rings. The van der Waals surface area contributed by atoms with Crippen LogP contribution in [0, 0.1) is 0 Å². The number of benzene rings is 2. The lowest BCUT2D eigenvalue weighted by Gasteiger charge is -2.48. The molecule has 24 heavy (non-hydrogen) atoms. The largest absolute Gasteiger partial charge is 0.324 e. The van der Waals surface area contributed by atoms with Crippen molar-refractivity contribution in [2.24, 2.45) is 0 Å². The van der Waals surface area contributed by atoms with Crippen LogP contribution in [0.4, 0.5) is 0 Å². The van der Waals surface area contributed by atoms with Crippen LogP contribution in [-0.4, -0.2) is 38.7 Å². The summed E-state index contributed by atoms with van der Waals surface area (Å²) in [6.45, 7) is 10.1. The van der Waals surface area contributed by atoms with E-state index in [-0.39, 0.29) is 0 Å². The van der Waals surface area contributed by atoms with Crippen molar-refractivity contribution < 1.29 is 4.48 Å². The number of unbranched alkanes of at least 4 members (excludes halogenated alkanes) is 1. The predicted octanol–water partition coefficient (Wildman–Crippen LogP) is 3.90. The van der Waals surface area contributed by atoms with Crippen LogP contribution in [0.5, 0.6) is 0 Å². The molecule has 0 radical (unpaired) electrons. The quantitative estimate of drug-likeness (QED) is 0.553. The van der Waals surface area contributed by atoms with Crippen LogP contribution < -0.4 is 10.4 Å². The van der Waals surface area contributed by atoms with Gasteiger partial charge in [-0.25, -0.2) is 0 Å². The van der Waals surface area contributed by atoms with E-state index >= 15 is 0 Å². The zero-order chi connectivity index (χ0) is 16.9. The summed E-state index contributed by atoms with van der Waals surface area (Å²) < 4.78 is 1.35. The summed E-state index contributed by atoms with van der Waals surface area (Å²) in [4.78, 5) is 0. The summed E-state index contributed by atoms with van der Waals surface area (Å²) in [5.74, 6) is 0. The fourth-order valence-corrected chi connectivity index (χ4v) is 9.65. The van der Waals surface area contributed by atoms with Crippen molar-refractivity contribution in [2.75, 3.05) is 26.2 Å². The summed E-state index contributed by atoms with van der Waals surface area (Å²) in [5.41, 5.74) is 0. The Balaban J connectivity index is 1.92. The van der Waals surface area contributed by atoms with Crippen LogP contribution in [-0.2, 0) is 0 Å². The third kappa shape index (κ3) is 3.36. The van der Waals surface area contributed by atoms with Gasteiger partial charge in [-0.15, -0.1) is 0 Å². The minimum atomic E-state index is -1.59. The van der Waals surface area contributed by atoms with E-state index in [1.54, 1.807) is 10.4 Å². The molecule has 0 unspecified atom stereocenters. The third-order valence-corrected chi connectivity index (χ3v) is 11.4. The van der Waals surface area contributed by atoms with Crippen molar-refractivity contribution in [2.45, 2.75) is 38.8 Å². The van der Waals surface area contributed by atoms with Gasteiger partial charge in [0.2, 0.25) is 0 Å². The van der Waals surface area contributed by atoms with Gasteiger partial charge in [-0.05, 0) is 13.3 Å². The molecule has 0 N–H and O–H groups in total. The molecule has 0 amide bonds. The average Bonchev–Trinajstić information content (AvgIpc) is 2.68. The SMILES string of the molecule is CCCC[N+]1(CC)CC[Si](c2ccccc2)(c2ccccc2)CC1. The Kier molecular flexibility index (Phi) is 5.57. The van der Waals surface area contributed by atoms with Crippen molar-refractivity contribution in [3.8, 4) is 0 Å². The van der Waals surface area contributed by atoms with Crippen LogP contribution in [0.3, 0.4) is 0 Å². The minimum Gasteiger partial charge on any atom is -0.324 e. The predicted molar refractivity (Wildman–Crippen MR) is 108 cm³/mol. The molecule has 1 nitrogen and oxygen atoms in total. The molecule has 1 fully saturated rings. The van der Waals surface area contributed by atoms with Gasteiger partial charge in [0, 0.05) is 12.1 Å². The second kappa shape index (κ2) is 7.67. The summed E-state index contributed by atoms with van der Waals surface area (Å²) >= 11 is 0. The summed E-state index contributed by atoms with van der Waals surface area (Å²) in [6.07, 6.45) is 2.69. The molecule has 1 aliphatic heterocycles. The van der Waals surface area contributed by atoms with Gasteiger partial charge in [-0.2, -0.15) is 0 Å². The minimum absolute atomic E-state index is 1.30. The molecular weight excluding hydrogens is 306 g/mol. The highest BCUT2D eigenvalue weighted by molar-refractivity contribution is 7.02. The van der Waals surface area contributed by atoms with Gasteiger partial charge < -0.3 is 4.48 Å². The molecule has 0 aliphatic carbocycles.